The van der Waals surface area contributed by atoms with Gasteiger partial charge in [-0.3, -0.25) is 0 Å². The van der Waals surface area contributed by atoms with E-state index in [2.05, 4.69) is 26.0 Å². The topological polar surface area (TPSA) is 21.3 Å². The van der Waals surface area contributed by atoms with Crippen LogP contribution in [0.1, 0.15) is 32.1 Å². The Morgan fingerprint density at radius 1 is 1.20 bits per heavy atom. The maximum atomic E-state index is 12.4. The maximum Gasteiger partial charge on any atom is 0.573 e. The van der Waals surface area contributed by atoms with E-state index in [1.54, 1.807) is 6.07 Å². The molecule has 0 aromatic heterocycles. The Labute approximate surface area is 124 Å². The highest BCUT2D eigenvalue weighted by molar-refractivity contribution is 9.10. The fourth-order valence-corrected chi connectivity index (χ4v) is 2.86. The van der Waals surface area contributed by atoms with Gasteiger partial charge in [0.15, 0.2) is 5.75 Å². The van der Waals surface area contributed by atoms with Crippen molar-refractivity contribution in [2.45, 2.75) is 38.5 Å². The first kappa shape index (κ1) is 15.5. The van der Waals surface area contributed by atoms with E-state index in [1.165, 1.54) is 31.4 Å². The first-order valence-corrected chi connectivity index (χ1v) is 7.52. The van der Waals surface area contributed by atoms with Crippen LogP contribution in [0.3, 0.4) is 0 Å². The number of anilines is 1. The Morgan fingerprint density at radius 2 is 1.90 bits per heavy atom. The predicted octanol–water partition coefficient (Wildman–Crippen LogP) is 5.34. The summed E-state index contributed by atoms with van der Waals surface area (Å²) in [5.41, 5.74) is 0.377. The van der Waals surface area contributed by atoms with E-state index in [-0.39, 0.29) is 5.75 Å². The maximum absolute atomic E-state index is 12.4. The van der Waals surface area contributed by atoms with Gasteiger partial charge in [0.1, 0.15) is 0 Å². The molecule has 0 bridgehead atoms. The number of hydrogen-bond donors (Lipinski definition) is 1. The van der Waals surface area contributed by atoms with Gasteiger partial charge in [0, 0.05) is 11.0 Å². The molecule has 1 fully saturated rings. The minimum Gasteiger partial charge on any atom is -0.404 e. The van der Waals surface area contributed by atoms with E-state index >= 15 is 0 Å². The summed E-state index contributed by atoms with van der Waals surface area (Å²) in [4.78, 5) is 0. The molecule has 0 aliphatic heterocycles. The molecule has 0 atom stereocenters. The monoisotopic (exact) mass is 351 g/mol. The van der Waals surface area contributed by atoms with Gasteiger partial charge in [-0.1, -0.05) is 35.2 Å². The van der Waals surface area contributed by atoms with Crippen LogP contribution in [0.2, 0.25) is 0 Å². The van der Waals surface area contributed by atoms with Crippen molar-refractivity contribution in [1.82, 2.24) is 0 Å². The molecule has 1 saturated carbocycles. The van der Waals surface area contributed by atoms with Gasteiger partial charge in [0.25, 0.3) is 0 Å². The summed E-state index contributed by atoms with van der Waals surface area (Å²) in [7, 11) is 0. The summed E-state index contributed by atoms with van der Waals surface area (Å²) in [5.74, 6) is 0.345. The van der Waals surface area contributed by atoms with E-state index in [9.17, 15) is 13.2 Å². The smallest absolute Gasteiger partial charge is 0.404 e. The van der Waals surface area contributed by atoms with E-state index in [4.69, 9.17) is 0 Å². The second-order valence-corrected chi connectivity index (χ2v) is 5.99. The number of ether oxygens (including phenoxy) is 1. The van der Waals surface area contributed by atoms with Crippen LogP contribution in [0, 0.1) is 5.92 Å². The van der Waals surface area contributed by atoms with Crippen molar-refractivity contribution in [2.24, 2.45) is 5.92 Å². The Bertz CT molecular complexity index is 445. The van der Waals surface area contributed by atoms with Gasteiger partial charge in [-0.25, -0.2) is 0 Å². The van der Waals surface area contributed by atoms with Crippen LogP contribution in [0.4, 0.5) is 18.9 Å². The lowest BCUT2D eigenvalue weighted by Gasteiger charge is -2.23. The van der Waals surface area contributed by atoms with E-state index in [1.807, 2.05) is 0 Å². The quantitative estimate of drug-likeness (QED) is 0.790. The molecule has 1 aromatic carbocycles. The van der Waals surface area contributed by atoms with Crippen LogP contribution >= 0.6 is 15.9 Å². The van der Waals surface area contributed by atoms with Crippen LogP contribution < -0.4 is 10.1 Å². The van der Waals surface area contributed by atoms with Crippen LogP contribution in [-0.2, 0) is 0 Å². The average Bonchev–Trinajstić information content (AvgIpc) is 2.39. The van der Waals surface area contributed by atoms with Gasteiger partial charge in [-0.05, 0) is 37.0 Å². The molecule has 0 spiro atoms. The van der Waals surface area contributed by atoms with Gasteiger partial charge in [0.2, 0.25) is 0 Å². The van der Waals surface area contributed by atoms with Gasteiger partial charge >= 0.3 is 6.36 Å². The minimum absolute atomic E-state index is 0.184. The van der Waals surface area contributed by atoms with E-state index in [0.717, 1.165) is 17.3 Å². The highest BCUT2D eigenvalue weighted by Gasteiger charge is 2.32. The summed E-state index contributed by atoms with van der Waals surface area (Å²) in [5, 5.41) is 3.09. The number of benzene rings is 1. The van der Waals surface area contributed by atoms with Crippen molar-refractivity contribution in [3.63, 3.8) is 0 Å². The summed E-state index contributed by atoms with van der Waals surface area (Å²) in [6.07, 6.45) is 1.27. The third-order valence-corrected chi connectivity index (χ3v) is 3.97. The minimum atomic E-state index is -4.67. The lowest BCUT2D eigenvalue weighted by molar-refractivity contribution is -0.274. The molecule has 0 amide bonds. The average molecular weight is 352 g/mol. The van der Waals surface area contributed by atoms with E-state index < -0.39 is 6.36 Å². The first-order valence-electron chi connectivity index (χ1n) is 6.73. The van der Waals surface area contributed by atoms with Gasteiger partial charge in [-0.2, -0.15) is 0 Å². The Balaban J connectivity index is 2.02. The fourth-order valence-electron chi connectivity index (χ4n) is 2.50. The molecule has 0 heterocycles. The summed E-state index contributed by atoms with van der Waals surface area (Å²) in [6.45, 7) is 0.685. The number of rotatable bonds is 4. The van der Waals surface area contributed by atoms with Crippen LogP contribution in [0.5, 0.6) is 5.75 Å². The van der Waals surface area contributed by atoms with Crippen LogP contribution in [0.15, 0.2) is 22.7 Å². The SMILES string of the molecule is FC(F)(F)Oc1ccc(Br)cc1NCC1CCCCC1. The van der Waals surface area contributed by atoms with Gasteiger partial charge in [-0.15, -0.1) is 13.2 Å². The van der Waals surface area contributed by atoms with Crippen molar-refractivity contribution >= 4 is 21.6 Å². The number of halogens is 4. The predicted molar refractivity (Wildman–Crippen MR) is 75.9 cm³/mol. The lowest BCUT2D eigenvalue weighted by atomic mass is 9.89. The highest BCUT2D eigenvalue weighted by atomic mass is 79.9. The number of alkyl halides is 3. The molecule has 0 radical (unpaired) electrons. The Morgan fingerprint density at radius 3 is 2.55 bits per heavy atom. The van der Waals surface area contributed by atoms with Crippen LogP contribution in [0.25, 0.3) is 0 Å². The molecule has 6 heteroatoms. The molecule has 112 valence electrons. The van der Waals surface area contributed by atoms with Crippen molar-refractivity contribution < 1.29 is 17.9 Å². The van der Waals surface area contributed by atoms with Gasteiger partial charge < -0.3 is 10.1 Å². The third kappa shape index (κ3) is 4.89. The molecule has 2 rings (SSSR count). The molecule has 0 unspecified atom stereocenters. The summed E-state index contributed by atoms with van der Waals surface area (Å²) in [6, 6.07) is 4.47. The summed E-state index contributed by atoms with van der Waals surface area (Å²) >= 11 is 3.27. The van der Waals surface area contributed by atoms with Crippen molar-refractivity contribution in [3.05, 3.63) is 22.7 Å². The molecule has 20 heavy (non-hydrogen) atoms. The standard InChI is InChI=1S/C14H17BrF3NO/c15-11-6-7-13(20-14(16,17)18)12(8-11)19-9-10-4-2-1-3-5-10/h6-8,10,19H,1-5,9H2. The fraction of sp³-hybridized carbons (Fsp3) is 0.571. The third-order valence-electron chi connectivity index (χ3n) is 3.47. The zero-order chi connectivity index (χ0) is 14.6. The highest BCUT2D eigenvalue weighted by Crippen LogP contribution is 2.33. The zero-order valence-corrected chi connectivity index (χ0v) is 12.6. The first-order chi connectivity index (χ1) is 9.44. The molecule has 0 saturated heterocycles. The molecular weight excluding hydrogens is 335 g/mol. The summed E-state index contributed by atoms with van der Waals surface area (Å²) < 4.78 is 41.8. The molecule has 1 aliphatic carbocycles. The molecule has 1 aromatic rings. The van der Waals surface area contributed by atoms with Crippen molar-refractivity contribution in [1.29, 1.82) is 0 Å². The lowest BCUT2D eigenvalue weighted by Crippen LogP contribution is -2.20. The molecule has 2 nitrogen and oxygen atoms in total. The molecular formula is C14H17BrF3NO. The Kier molecular flexibility index (Phi) is 5.18. The molecule has 1 aliphatic rings. The van der Waals surface area contributed by atoms with E-state index in [0.29, 0.717) is 18.2 Å². The second kappa shape index (κ2) is 6.70. The molecule has 1 N–H and O–H groups in total. The zero-order valence-electron chi connectivity index (χ0n) is 11.0. The number of nitrogens with one attached hydrogen (secondary N) is 1. The Hall–Kier alpha value is -0.910. The van der Waals surface area contributed by atoms with Gasteiger partial charge in [0.05, 0.1) is 5.69 Å². The van der Waals surface area contributed by atoms with Crippen LogP contribution in [-0.4, -0.2) is 12.9 Å². The second-order valence-electron chi connectivity index (χ2n) is 5.07. The number of hydrogen-bond acceptors (Lipinski definition) is 2. The normalized spacial score (nSPS) is 17.0. The largest absolute Gasteiger partial charge is 0.573 e. The van der Waals surface area contributed by atoms with Crippen molar-refractivity contribution in [2.75, 3.05) is 11.9 Å². The van der Waals surface area contributed by atoms with Crippen molar-refractivity contribution in [3.8, 4) is 5.75 Å².